The number of furan rings is 1. The number of aromatic nitrogens is 8. The molecule has 0 amide bonds. The van der Waals surface area contributed by atoms with Gasteiger partial charge in [-0.05, 0) is 99.4 Å². The Morgan fingerprint density at radius 2 is 0.735 bits per heavy atom. The molecular weight excluding hydrogens is 1220 g/mol. The lowest BCUT2D eigenvalue weighted by Crippen LogP contribution is -2.03. The highest BCUT2D eigenvalue weighted by Gasteiger charge is 2.30. The molecule has 0 spiro atoms. The van der Waals surface area contributed by atoms with E-state index in [4.69, 9.17) is 24.4 Å². The van der Waals surface area contributed by atoms with Crippen LogP contribution in [0, 0.1) is 0 Å². The first kappa shape index (κ1) is 51.4. The third-order valence-corrected chi connectivity index (χ3v) is 22.5. The number of fused-ring (bicyclic) bond motifs is 30. The van der Waals surface area contributed by atoms with Gasteiger partial charge in [0.1, 0.15) is 10.4 Å². The minimum atomic E-state index is 0.547. The molecule has 0 saturated heterocycles. The predicted octanol–water partition coefficient (Wildman–Crippen LogP) is 23.3. The zero-order valence-corrected chi connectivity index (χ0v) is 52.8. The van der Waals surface area contributed by atoms with Crippen LogP contribution < -0.4 is 0 Å². The lowest BCUT2D eigenvalue weighted by molar-refractivity contribution is 0.651. The normalized spacial score (nSPS) is 12.7. The molecule has 10 heterocycles. The topological polar surface area (TPSA) is 83.4 Å². The van der Waals surface area contributed by atoms with E-state index in [9.17, 15) is 0 Å². The van der Waals surface area contributed by atoms with Crippen molar-refractivity contribution < 1.29 is 4.42 Å². The quantitative estimate of drug-likeness (QED) is 0.171. The van der Waals surface area contributed by atoms with E-state index in [1.807, 2.05) is 12.1 Å². The maximum Gasteiger partial charge on any atom is 0.238 e. The van der Waals surface area contributed by atoms with Crippen LogP contribution in [0.25, 0.3) is 229 Å². The summed E-state index contributed by atoms with van der Waals surface area (Å²) in [5.74, 6) is 1.19. The van der Waals surface area contributed by atoms with Crippen molar-refractivity contribution in [3.8, 4) is 45.5 Å². The summed E-state index contributed by atoms with van der Waals surface area (Å²) in [7, 11) is 0. The van der Waals surface area contributed by atoms with Crippen LogP contribution in [0.3, 0.4) is 0 Å². The molecule has 98 heavy (non-hydrogen) atoms. The Bertz CT molecular complexity index is 7680. The maximum absolute atomic E-state index is 6.71. The van der Waals surface area contributed by atoms with Gasteiger partial charge in [0.2, 0.25) is 17.6 Å². The van der Waals surface area contributed by atoms with Crippen molar-refractivity contribution in [1.29, 1.82) is 0 Å². The maximum atomic E-state index is 6.71. The summed E-state index contributed by atoms with van der Waals surface area (Å²) in [6.45, 7) is 0. The smallest absolute Gasteiger partial charge is 0.238 e. The van der Waals surface area contributed by atoms with Gasteiger partial charge in [-0.1, -0.05) is 212 Å². The second kappa shape index (κ2) is 18.5. The Morgan fingerprint density at radius 3 is 1.35 bits per heavy atom. The SMILES string of the molecule is c1ccc(-c2nc(-n3c4ccc5cc(-c6ccc7c(c6)sc6nc(-n8c9ccc%10ccccc%10c9c9c%10c%11ccccc%11n%11c%12ccccc%12c(cc98)c%10%11)nc(-c8ccccc8)c67)ccc5c4c4c5c6ccccc6n6c7ccccc7c(cc43)c56)nc3oc4ccccc4c23)cc1. The van der Waals surface area contributed by atoms with Crippen molar-refractivity contribution in [2.75, 3.05) is 0 Å². The molecule has 14 aromatic carbocycles. The highest BCUT2D eigenvalue weighted by Crippen LogP contribution is 2.52. The summed E-state index contributed by atoms with van der Waals surface area (Å²) in [5.41, 5.74) is 18.8. The van der Waals surface area contributed by atoms with Crippen LogP contribution in [0.1, 0.15) is 0 Å². The van der Waals surface area contributed by atoms with Gasteiger partial charge in [-0.3, -0.25) is 9.13 Å². The zero-order valence-electron chi connectivity index (χ0n) is 52.0. The van der Waals surface area contributed by atoms with E-state index < -0.39 is 0 Å². The molecule has 10 heteroatoms. The zero-order chi connectivity index (χ0) is 63.3. The van der Waals surface area contributed by atoms with Crippen LogP contribution >= 0.6 is 11.3 Å². The van der Waals surface area contributed by atoms with E-state index in [2.05, 4.69) is 285 Å². The molecule has 0 aliphatic rings. The summed E-state index contributed by atoms with van der Waals surface area (Å²) in [6, 6.07) is 101. The van der Waals surface area contributed by atoms with Crippen molar-refractivity contribution in [2.24, 2.45) is 0 Å². The third-order valence-electron chi connectivity index (χ3n) is 21.4. The Kier molecular flexibility index (Phi) is 9.68. The molecule has 450 valence electrons. The van der Waals surface area contributed by atoms with Crippen LogP contribution in [0.4, 0.5) is 0 Å². The molecule has 0 N–H and O–H groups in total. The fourth-order valence-corrected chi connectivity index (χ4v) is 18.6. The lowest BCUT2D eigenvalue weighted by Gasteiger charge is -2.11. The van der Waals surface area contributed by atoms with Crippen LogP contribution in [0.5, 0.6) is 0 Å². The van der Waals surface area contributed by atoms with E-state index in [1.54, 1.807) is 11.3 Å². The summed E-state index contributed by atoms with van der Waals surface area (Å²) in [5, 5.41) is 23.2. The predicted molar refractivity (Wildman–Crippen MR) is 407 cm³/mol. The Morgan fingerprint density at radius 1 is 0.265 bits per heavy atom. The summed E-state index contributed by atoms with van der Waals surface area (Å²) >= 11 is 1.74. The van der Waals surface area contributed by atoms with Crippen molar-refractivity contribution >= 4 is 195 Å². The van der Waals surface area contributed by atoms with Gasteiger partial charge in [-0.15, -0.1) is 11.3 Å². The Labute approximate surface area is 558 Å². The fourth-order valence-electron chi connectivity index (χ4n) is 17.5. The van der Waals surface area contributed by atoms with E-state index >= 15 is 0 Å². The number of hydrogen-bond donors (Lipinski definition) is 0. The van der Waals surface area contributed by atoms with Crippen molar-refractivity contribution in [1.82, 2.24) is 37.9 Å². The van der Waals surface area contributed by atoms with Gasteiger partial charge in [-0.25, -0.2) is 15.0 Å². The Balaban J connectivity index is 0.738. The average Bonchev–Trinajstić information content (AvgIpc) is 1.52. The molecule has 24 aromatic rings. The number of benzene rings is 14. The molecule has 24 rings (SSSR count). The van der Waals surface area contributed by atoms with Gasteiger partial charge in [0, 0.05) is 96.6 Å². The minimum Gasteiger partial charge on any atom is -0.437 e. The molecule has 0 radical (unpaired) electrons. The monoisotopic (exact) mass is 1260 g/mol. The van der Waals surface area contributed by atoms with E-state index in [-0.39, 0.29) is 0 Å². The molecule has 9 nitrogen and oxygen atoms in total. The van der Waals surface area contributed by atoms with Gasteiger partial charge in [0.25, 0.3) is 0 Å². The molecule has 10 aromatic heterocycles. The number of thiophene rings is 1. The number of hydrogen-bond acceptors (Lipinski definition) is 6. The minimum absolute atomic E-state index is 0.547. The van der Waals surface area contributed by atoms with Crippen LogP contribution in [-0.4, -0.2) is 37.9 Å². The first-order valence-electron chi connectivity index (χ1n) is 33.3. The molecular formula is C88H46N8OS. The standard InChI is InChI=1S/C88H46N8OS/c1-3-20-48(21-4-1)81-77-59-29-13-18-34-71(59)97-85(77)91-87(89-81)95-68-42-38-52-43-50(35-39-54(52)74(68)80-69(95)45-61-55-25-9-14-30-63(55)94-66-33-17-12-28-58(66)76(80)84(61)94)51-36-40-60-72(44-51)98-86-78(60)82(49-22-5-2-6-23-49)90-88(92-86)96-67-41-37-47-19-7-8-24-53(47)73(67)79-70(96)46-62-56-26-10-15-31-64(56)93-65-32-16-11-27-57(65)75(79)83(62)93/h1-46H. The summed E-state index contributed by atoms with van der Waals surface area (Å²) in [6.07, 6.45) is 0. The summed E-state index contributed by atoms with van der Waals surface area (Å²) < 4.78 is 17.5. The van der Waals surface area contributed by atoms with Gasteiger partial charge in [-0.2, -0.15) is 4.98 Å². The van der Waals surface area contributed by atoms with Crippen molar-refractivity contribution in [3.63, 3.8) is 0 Å². The molecule has 0 fully saturated rings. The molecule has 0 unspecified atom stereocenters. The van der Waals surface area contributed by atoms with E-state index in [0.717, 1.165) is 114 Å². The lowest BCUT2D eigenvalue weighted by atomic mass is 9.96. The summed E-state index contributed by atoms with van der Waals surface area (Å²) in [4.78, 5) is 23.5. The van der Waals surface area contributed by atoms with Crippen LogP contribution in [0.2, 0.25) is 0 Å². The fraction of sp³-hybridized carbons (Fsp3) is 0. The van der Waals surface area contributed by atoms with Crippen LogP contribution in [-0.2, 0) is 0 Å². The van der Waals surface area contributed by atoms with Crippen LogP contribution in [0.15, 0.2) is 283 Å². The van der Waals surface area contributed by atoms with Gasteiger partial charge in [0.05, 0.1) is 71.9 Å². The van der Waals surface area contributed by atoms with Crippen molar-refractivity contribution in [3.05, 3.63) is 279 Å². The average molecular weight is 1260 g/mol. The number of nitrogens with zero attached hydrogens (tertiary/aromatic N) is 8. The second-order valence-corrected chi connectivity index (χ2v) is 27.3. The number of rotatable bonds is 5. The molecule has 0 aliphatic carbocycles. The highest BCUT2D eigenvalue weighted by molar-refractivity contribution is 7.25. The largest absolute Gasteiger partial charge is 0.437 e. The number of para-hydroxylation sites is 5. The van der Waals surface area contributed by atoms with E-state index in [1.165, 1.54) is 97.7 Å². The van der Waals surface area contributed by atoms with Gasteiger partial charge < -0.3 is 13.2 Å². The first-order chi connectivity index (χ1) is 48.6. The Hall–Kier alpha value is -13.0. The van der Waals surface area contributed by atoms with Gasteiger partial charge >= 0.3 is 0 Å². The first-order valence-corrected chi connectivity index (χ1v) is 34.1. The van der Waals surface area contributed by atoms with Gasteiger partial charge in [0.15, 0.2) is 0 Å². The third kappa shape index (κ3) is 6.50. The molecule has 0 atom stereocenters. The molecule has 0 saturated carbocycles. The molecule has 0 aliphatic heterocycles. The van der Waals surface area contributed by atoms with E-state index in [0.29, 0.717) is 17.6 Å². The van der Waals surface area contributed by atoms with Crippen molar-refractivity contribution in [2.45, 2.75) is 0 Å². The highest BCUT2D eigenvalue weighted by atomic mass is 32.1. The second-order valence-electron chi connectivity index (χ2n) is 26.3. The molecule has 0 bridgehead atoms.